The predicted octanol–water partition coefficient (Wildman–Crippen LogP) is 6.46. The van der Waals surface area contributed by atoms with Crippen molar-refractivity contribution >= 4 is 33.7 Å². The fraction of sp³-hybridized carbons (Fsp3) is 0.310. The first kappa shape index (κ1) is 25.1. The lowest BCUT2D eigenvalue weighted by Gasteiger charge is -2.11. The third-order valence-corrected chi connectivity index (χ3v) is 6.57. The van der Waals surface area contributed by atoms with Crippen LogP contribution in [0.5, 0.6) is 11.5 Å². The fourth-order valence-corrected chi connectivity index (χ4v) is 4.76. The Morgan fingerprint density at radius 1 is 0.806 bits per heavy atom. The number of carbonyl (C=O) groups is 2. The average molecular weight is 490 g/mol. The molecule has 36 heavy (non-hydrogen) atoms. The van der Waals surface area contributed by atoms with Crippen LogP contribution in [0.15, 0.2) is 48.5 Å². The molecule has 1 heterocycles. The monoisotopic (exact) mass is 489 g/mol. The van der Waals surface area contributed by atoms with Crippen LogP contribution < -0.4 is 9.47 Å². The van der Waals surface area contributed by atoms with Gasteiger partial charge in [0.1, 0.15) is 11.5 Å². The van der Waals surface area contributed by atoms with E-state index in [0.717, 1.165) is 44.0 Å². The van der Waals surface area contributed by atoms with Crippen LogP contribution >= 0.6 is 0 Å². The highest BCUT2D eigenvalue weighted by Crippen LogP contribution is 2.35. The van der Waals surface area contributed by atoms with Gasteiger partial charge in [-0.15, -0.1) is 0 Å². The van der Waals surface area contributed by atoms with E-state index in [1.165, 1.54) is 45.1 Å². The van der Waals surface area contributed by atoms with Crippen molar-refractivity contribution < 1.29 is 29.3 Å². The molecule has 0 spiro atoms. The Morgan fingerprint density at radius 3 is 2.14 bits per heavy atom. The summed E-state index contributed by atoms with van der Waals surface area (Å²) < 4.78 is 13.5. The topological polar surface area (TPSA) is 98.0 Å². The molecule has 7 nitrogen and oxygen atoms in total. The van der Waals surface area contributed by atoms with E-state index < -0.39 is 11.9 Å². The number of unbranched alkanes of at least 4 members (excludes halogenated alkanes) is 3. The highest BCUT2D eigenvalue weighted by molar-refractivity contribution is 6.11. The summed E-state index contributed by atoms with van der Waals surface area (Å²) in [5, 5.41) is 20.9. The van der Waals surface area contributed by atoms with Gasteiger partial charge >= 0.3 is 11.9 Å². The largest absolute Gasteiger partial charge is 0.497 e. The number of carboxylic acids is 2. The van der Waals surface area contributed by atoms with Gasteiger partial charge in [0.25, 0.3) is 0 Å². The Kier molecular flexibility index (Phi) is 7.48. The molecule has 0 fully saturated rings. The first-order valence-corrected chi connectivity index (χ1v) is 12.1. The van der Waals surface area contributed by atoms with Crippen molar-refractivity contribution in [2.24, 2.45) is 0 Å². The summed E-state index contributed by atoms with van der Waals surface area (Å²) in [4.78, 5) is 22.5. The lowest BCUT2D eigenvalue weighted by Crippen LogP contribution is -2.05. The third-order valence-electron chi connectivity index (χ3n) is 6.57. The van der Waals surface area contributed by atoms with Crippen LogP contribution in [0.2, 0.25) is 0 Å². The Bertz CT molecular complexity index is 1400. The van der Waals surface area contributed by atoms with Gasteiger partial charge in [-0.3, -0.25) is 0 Å². The van der Waals surface area contributed by atoms with Crippen molar-refractivity contribution in [1.29, 1.82) is 0 Å². The van der Waals surface area contributed by atoms with Gasteiger partial charge in [0.2, 0.25) is 0 Å². The number of ether oxygens (including phenoxy) is 2. The minimum absolute atomic E-state index is 0.0979. The van der Waals surface area contributed by atoms with Crippen LogP contribution in [0.25, 0.3) is 21.8 Å². The Balaban J connectivity index is 1.38. The molecule has 0 aliphatic carbocycles. The van der Waals surface area contributed by atoms with Crippen molar-refractivity contribution in [3.63, 3.8) is 0 Å². The molecule has 0 atom stereocenters. The van der Waals surface area contributed by atoms with E-state index in [9.17, 15) is 19.8 Å². The normalized spacial score (nSPS) is 11.2. The van der Waals surface area contributed by atoms with Crippen LogP contribution in [0.3, 0.4) is 0 Å². The Morgan fingerprint density at radius 2 is 1.47 bits per heavy atom. The number of benzene rings is 3. The molecule has 0 unspecified atom stereocenters. The van der Waals surface area contributed by atoms with Gasteiger partial charge in [0, 0.05) is 22.8 Å². The molecule has 188 valence electrons. The summed E-state index contributed by atoms with van der Waals surface area (Å²) in [6.07, 6.45) is 3.77. The molecule has 3 aromatic carbocycles. The Hall–Kier alpha value is -4.00. The number of nitrogens with zero attached hydrogens (tertiary/aromatic N) is 1. The van der Waals surface area contributed by atoms with Crippen LogP contribution in [0, 0.1) is 13.8 Å². The van der Waals surface area contributed by atoms with E-state index in [1.54, 1.807) is 7.11 Å². The van der Waals surface area contributed by atoms with Gasteiger partial charge < -0.3 is 24.3 Å². The molecule has 1 aromatic heterocycles. The zero-order valence-corrected chi connectivity index (χ0v) is 20.8. The molecular weight excluding hydrogens is 458 g/mol. The van der Waals surface area contributed by atoms with Crippen molar-refractivity contribution in [2.75, 3.05) is 13.7 Å². The van der Waals surface area contributed by atoms with Gasteiger partial charge in [-0.25, -0.2) is 9.59 Å². The number of hydrogen-bond acceptors (Lipinski definition) is 4. The minimum Gasteiger partial charge on any atom is -0.497 e. The number of hydrogen-bond donors (Lipinski definition) is 2. The number of aryl methyl sites for hydroxylation is 3. The van der Waals surface area contributed by atoms with Crippen molar-refractivity contribution in [3.8, 4) is 11.5 Å². The molecule has 0 aliphatic rings. The summed E-state index contributed by atoms with van der Waals surface area (Å²) in [5.41, 5.74) is 4.79. The van der Waals surface area contributed by atoms with Crippen LogP contribution in [0.1, 0.15) is 57.5 Å². The van der Waals surface area contributed by atoms with Crippen LogP contribution in [-0.2, 0) is 6.54 Å². The van der Waals surface area contributed by atoms with Crippen molar-refractivity contribution in [2.45, 2.75) is 46.1 Å². The number of carboxylic acid groups (broad SMARTS) is 2. The molecular formula is C29H31NO6. The molecule has 7 heteroatoms. The highest BCUT2D eigenvalue weighted by atomic mass is 16.5. The lowest BCUT2D eigenvalue weighted by atomic mass is 10.0. The zero-order valence-electron chi connectivity index (χ0n) is 20.8. The Labute approximate surface area is 209 Å². The maximum Gasteiger partial charge on any atom is 0.335 e. The molecule has 4 rings (SSSR count). The highest BCUT2D eigenvalue weighted by Gasteiger charge is 2.15. The summed E-state index contributed by atoms with van der Waals surface area (Å²) in [6.45, 7) is 5.60. The quantitative estimate of drug-likeness (QED) is 0.235. The maximum atomic E-state index is 11.3. The SMILES string of the molecule is COc1ccc2c(c1)c1c(C)ccc(C)c1n2CCCCCCOc1cc(C(=O)O)cc(C(=O)O)c1. The van der Waals surface area contributed by atoms with E-state index in [2.05, 4.69) is 42.7 Å². The summed E-state index contributed by atoms with van der Waals surface area (Å²) >= 11 is 0. The second-order valence-electron chi connectivity index (χ2n) is 9.08. The minimum atomic E-state index is -1.18. The maximum absolute atomic E-state index is 11.3. The van der Waals surface area contributed by atoms with E-state index in [4.69, 9.17) is 9.47 Å². The first-order valence-electron chi connectivity index (χ1n) is 12.1. The number of methoxy groups -OCH3 is 1. The third kappa shape index (κ3) is 5.15. The van der Waals surface area contributed by atoms with Crippen molar-refractivity contribution in [1.82, 2.24) is 4.57 Å². The number of fused-ring (bicyclic) bond motifs is 3. The molecule has 0 amide bonds. The second-order valence-corrected chi connectivity index (χ2v) is 9.08. The molecule has 0 aliphatic heterocycles. The van der Waals surface area contributed by atoms with Gasteiger partial charge in [0.05, 0.1) is 30.4 Å². The van der Waals surface area contributed by atoms with E-state index >= 15 is 0 Å². The molecule has 4 aromatic rings. The predicted molar refractivity (Wildman–Crippen MR) is 140 cm³/mol. The van der Waals surface area contributed by atoms with E-state index in [-0.39, 0.29) is 16.9 Å². The van der Waals surface area contributed by atoms with Crippen LogP contribution in [0.4, 0.5) is 0 Å². The molecule has 0 radical (unpaired) electrons. The van der Waals surface area contributed by atoms with Crippen molar-refractivity contribution in [3.05, 3.63) is 70.8 Å². The first-order chi connectivity index (χ1) is 17.3. The molecule has 0 bridgehead atoms. The summed E-state index contributed by atoms with van der Waals surface area (Å²) in [5.74, 6) is -1.25. The molecule has 0 saturated heterocycles. The lowest BCUT2D eigenvalue weighted by molar-refractivity contribution is 0.0696. The van der Waals surface area contributed by atoms with Gasteiger partial charge in [-0.1, -0.05) is 25.0 Å². The zero-order chi connectivity index (χ0) is 25.8. The van der Waals surface area contributed by atoms with Gasteiger partial charge in [-0.2, -0.15) is 0 Å². The van der Waals surface area contributed by atoms with E-state index in [1.807, 2.05) is 6.07 Å². The number of aromatic nitrogens is 1. The van der Waals surface area contributed by atoms with Gasteiger partial charge in [-0.05, 0) is 74.2 Å². The average Bonchev–Trinajstić information content (AvgIpc) is 3.20. The summed E-state index contributed by atoms with van der Waals surface area (Å²) in [7, 11) is 1.69. The standard InChI is InChI=1S/C29H31NO6/c1-18-8-9-19(2)27-26(18)24-17-22(35-3)10-11-25(24)30(27)12-6-4-5-7-13-36-23-15-20(28(31)32)14-21(16-23)29(33)34/h8-11,14-17H,4-7,12-13H2,1-3H3,(H,31,32)(H,33,34). The fourth-order valence-electron chi connectivity index (χ4n) is 4.76. The van der Waals surface area contributed by atoms with Gasteiger partial charge in [0.15, 0.2) is 0 Å². The molecule has 0 saturated carbocycles. The van der Waals surface area contributed by atoms with Crippen LogP contribution in [-0.4, -0.2) is 40.4 Å². The smallest absolute Gasteiger partial charge is 0.335 e. The number of rotatable bonds is 11. The second kappa shape index (κ2) is 10.7. The molecule has 2 N–H and O–H groups in total. The van der Waals surface area contributed by atoms with E-state index in [0.29, 0.717) is 6.61 Å². The summed E-state index contributed by atoms with van der Waals surface area (Å²) in [6, 6.07) is 14.5. The number of aromatic carboxylic acids is 2.